The van der Waals surface area contributed by atoms with Crippen LogP contribution in [0.5, 0.6) is 0 Å². The van der Waals surface area contributed by atoms with Crippen molar-refractivity contribution in [3.63, 3.8) is 0 Å². The fraction of sp³-hybridized carbons (Fsp3) is 0.0833. The Morgan fingerprint density at radius 1 is 0.607 bits per heavy atom. The third-order valence-electron chi connectivity index (χ3n) is 4.99. The molecule has 4 nitrogen and oxygen atoms in total. The average Bonchev–Trinajstić information content (AvgIpc) is 3.27. The molecule has 0 unspecified atom stereocenters. The normalized spacial score (nSPS) is 11.2. The molecule has 0 atom stereocenters. The Hall–Kier alpha value is -3.66. The molecule has 0 aliphatic carbocycles. The summed E-state index contributed by atoms with van der Waals surface area (Å²) in [5.74, 6) is 0. The van der Waals surface area contributed by atoms with E-state index >= 15 is 0 Å². The van der Waals surface area contributed by atoms with E-state index in [0.29, 0.717) is 0 Å². The number of hydrogen-bond donors (Lipinski definition) is 0. The minimum absolute atomic E-state index is 1.06. The Morgan fingerprint density at radius 2 is 1.43 bits per heavy atom. The van der Waals surface area contributed by atoms with Crippen molar-refractivity contribution in [1.29, 1.82) is 0 Å². The lowest BCUT2D eigenvalue weighted by Crippen LogP contribution is -1.77. The van der Waals surface area contributed by atoms with Gasteiger partial charge in [-0.15, -0.1) is 0 Å². The summed E-state index contributed by atoms with van der Waals surface area (Å²) in [4.78, 5) is 8.91. The molecule has 0 aliphatic rings. The topological polar surface area (TPSA) is 35.6 Å². The van der Waals surface area contributed by atoms with Crippen LogP contribution in [0.25, 0.3) is 43.5 Å². The molecule has 0 N–H and O–H groups in total. The van der Waals surface area contributed by atoms with Crippen LogP contribution in [0.15, 0.2) is 85.6 Å². The number of fused-ring (bicyclic) bond motifs is 5. The Balaban J connectivity index is 0.000000122. The highest BCUT2D eigenvalue weighted by Gasteiger charge is 2.02. The van der Waals surface area contributed by atoms with Crippen LogP contribution in [0.4, 0.5) is 0 Å². The molecule has 4 heterocycles. The zero-order valence-corrected chi connectivity index (χ0v) is 15.9. The molecular weight excluding hydrogens is 344 g/mol. The minimum Gasteiger partial charge on any atom is -0.356 e. The maximum atomic E-state index is 4.58. The van der Waals surface area contributed by atoms with Crippen molar-refractivity contribution in [3.05, 3.63) is 85.6 Å². The largest absolute Gasteiger partial charge is 0.356 e. The van der Waals surface area contributed by atoms with E-state index in [2.05, 4.69) is 63.5 Å². The number of benzene rings is 2. The first-order valence-electron chi connectivity index (χ1n) is 9.28. The van der Waals surface area contributed by atoms with E-state index < -0.39 is 0 Å². The van der Waals surface area contributed by atoms with Gasteiger partial charge in [0, 0.05) is 72.0 Å². The van der Waals surface area contributed by atoms with Gasteiger partial charge in [-0.25, -0.2) is 4.98 Å². The van der Waals surface area contributed by atoms with Crippen molar-refractivity contribution in [2.75, 3.05) is 0 Å². The van der Waals surface area contributed by atoms with Crippen molar-refractivity contribution < 1.29 is 0 Å². The highest BCUT2D eigenvalue weighted by atomic mass is 14.9. The molecule has 0 amide bonds. The average molecular weight is 364 g/mol. The van der Waals surface area contributed by atoms with Gasteiger partial charge in [0.15, 0.2) is 0 Å². The molecular formula is C24H20N4. The molecule has 0 bridgehead atoms. The van der Waals surface area contributed by atoms with E-state index in [0.717, 1.165) is 16.6 Å². The zero-order chi connectivity index (χ0) is 19.1. The standard InChI is InChI=1S/2C12H10N2/c1-14-7-9-4-5-12-10(11(9)8-14)3-2-6-13-12;1-14-7-10-6-9-4-2-3-5-11(9)13-12(10)8-14/h2*2-8H,1H3. The number of nitrogens with zero attached hydrogens (tertiary/aromatic N) is 4. The van der Waals surface area contributed by atoms with Crippen LogP contribution in [-0.2, 0) is 14.1 Å². The van der Waals surface area contributed by atoms with E-state index in [4.69, 9.17) is 0 Å². The van der Waals surface area contributed by atoms with Crippen LogP contribution in [0.1, 0.15) is 0 Å². The Bertz CT molecular complexity index is 1380. The Labute approximate surface area is 162 Å². The summed E-state index contributed by atoms with van der Waals surface area (Å²) in [6.07, 6.45) is 10.2. The van der Waals surface area contributed by atoms with Crippen molar-refractivity contribution in [3.8, 4) is 0 Å². The van der Waals surface area contributed by atoms with Gasteiger partial charge in [0.25, 0.3) is 0 Å². The molecule has 0 spiro atoms. The molecule has 6 rings (SSSR count). The highest BCUT2D eigenvalue weighted by molar-refractivity contribution is 6.05. The fourth-order valence-corrected chi connectivity index (χ4v) is 3.71. The first kappa shape index (κ1) is 16.5. The van der Waals surface area contributed by atoms with Crippen molar-refractivity contribution in [1.82, 2.24) is 19.1 Å². The maximum Gasteiger partial charge on any atom is 0.0886 e. The van der Waals surface area contributed by atoms with E-state index in [1.54, 1.807) is 0 Å². The second kappa shape index (κ2) is 6.50. The lowest BCUT2D eigenvalue weighted by atomic mass is 10.1. The predicted molar refractivity (Wildman–Crippen MR) is 116 cm³/mol. The number of aromatic nitrogens is 4. The van der Waals surface area contributed by atoms with Crippen LogP contribution in [0, 0.1) is 0 Å². The minimum atomic E-state index is 1.06. The van der Waals surface area contributed by atoms with Gasteiger partial charge in [-0.3, -0.25) is 4.98 Å². The molecule has 0 saturated carbocycles. The smallest absolute Gasteiger partial charge is 0.0886 e. The van der Waals surface area contributed by atoms with Gasteiger partial charge in [-0.1, -0.05) is 30.3 Å². The number of para-hydroxylation sites is 1. The lowest BCUT2D eigenvalue weighted by molar-refractivity contribution is 0.932. The molecule has 0 aliphatic heterocycles. The van der Waals surface area contributed by atoms with Crippen molar-refractivity contribution in [2.45, 2.75) is 0 Å². The molecule has 28 heavy (non-hydrogen) atoms. The second-order valence-corrected chi connectivity index (χ2v) is 7.14. The maximum absolute atomic E-state index is 4.58. The SMILES string of the molecule is Cn1cc2cc3ccccc3nc2c1.Cn1cc2ccc3ncccc3c2c1. The first-order chi connectivity index (χ1) is 13.7. The molecule has 4 aromatic heterocycles. The van der Waals surface area contributed by atoms with Crippen LogP contribution >= 0.6 is 0 Å². The molecule has 4 heteroatoms. The van der Waals surface area contributed by atoms with Crippen LogP contribution < -0.4 is 0 Å². The van der Waals surface area contributed by atoms with Crippen molar-refractivity contribution in [2.24, 2.45) is 14.1 Å². The summed E-state index contributed by atoms with van der Waals surface area (Å²) in [6, 6.07) is 18.7. The van der Waals surface area contributed by atoms with E-state index in [1.165, 1.54) is 26.9 Å². The van der Waals surface area contributed by atoms with Crippen LogP contribution in [0.2, 0.25) is 0 Å². The van der Waals surface area contributed by atoms with Gasteiger partial charge in [0.05, 0.1) is 16.6 Å². The number of rotatable bonds is 0. The Morgan fingerprint density at radius 3 is 2.36 bits per heavy atom. The van der Waals surface area contributed by atoms with Gasteiger partial charge in [0.2, 0.25) is 0 Å². The summed E-state index contributed by atoms with van der Waals surface area (Å²) in [7, 11) is 4.06. The predicted octanol–water partition coefficient (Wildman–Crippen LogP) is 5.45. The molecule has 136 valence electrons. The summed E-state index contributed by atoms with van der Waals surface area (Å²) < 4.78 is 4.12. The van der Waals surface area contributed by atoms with Gasteiger partial charge in [-0.05, 0) is 24.3 Å². The molecule has 0 saturated heterocycles. The lowest BCUT2D eigenvalue weighted by Gasteiger charge is -1.96. The molecule has 2 aromatic carbocycles. The van der Waals surface area contributed by atoms with Crippen LogP contribution in [0.3, 0.4) is 0 Å². The second-order valence-electron chi connectivity index (χ2n) is 7.14. The quantitative estimate of drug-likeness (QED) is 0.359. The number of hydrogen-bond acceptors (Lipinski definition) is 2. The van der Waals surface area contributed by atoms with Gasteiger partial charge in [0.1, 0.15) is 0 Å². The summed E-state index contributed by atoms with van der Waals surface area (Å²) >= 11 is 0. The number of aryl methyl sites for hydroxylation is 2. The fourth-order valence-electron chi connectivity index (χ4n) is 3.71. The molecule has 0 radical (unpaired) electrons. The molecule has 0 fully saturated rings. The zero-order valence-electron chi connectivity index (χ0n) is 15.9. The third-order valence-corrected chi connectivity index (χ3v) is 4.99. The van der Waals surface area contributed by atoms with E-state index in [9.17, 15) is 0 Å². The summed E-state index contributed by atoms with van der Waals surface area (Å²) in [6.45, 7) is 0. The van der Waals surface area contributed by atoms with Gasteiger partial charge >= 0.3 is 0 Å². The van der Waals surface area contributed by atoms with E-state index in [1.807, 2.05) is 55.3 Å². The van der Waals surface area contributed by atoms with Crippen molar-refractivity contribution >= 4 is 43.5 Å². The van der Waals surface area contributed by atoms with Gasteiger partial charge < -0.3 is 9.13 Å². The van der Waals surface area contributed by atoms with E-state index in [-0.39, 0.29) is 0 Å². The number of pyridine rings is 2. The first-order valence-corrected chi connectivity index (χ1v) is 9.28. The Kier molecular flexibility index (Phi) is 3.83. The highest BCUT2D eigenvalue weighted by Crippen LogP contribution is 2.24. The van der Waals surface area contributed by atoms with Crippen LogP contribution in [-0.4, -0.2) is 19.1 Å². The summed E-state index contributed by atoms with van der Waals surface area (Å²) in [5.41, 5.74) is 3.18. The summed E-state index contributed by atoms with van der Waals surface area (Å²) in [5, 5.41) is 6.18. The monoisotopic (exact) mass is 364 g/mol. The third kappa shape index (κ3) is 2.89. The van der Waals surface area contributed by atoms with Gasteiger partial charge in [-0.2, -0.15) is 0 Å². The molecule has 6 aromatic rings.